The van der Waals surface area contributed by atoms with Crippen LogP contribution in [0.2, 0.25) is 0 Å². The maximum atomic E-state index is 9.05. The molecule has 1 saturated heterocycles. The monoisotopic (exact) mass is 213 g/mol. The molecule has 88 valence electrons. The molecule has 2 aliphatic rings. The van der Waals surface area contributed by atoms with Crippen molar-refractivity contribution < 1.29 is 9.84 Å². The van der Waals surface area contributed by atoms with Crippen molar-refractivity contribution in [3.63, 3.8) is 0 Å². The maximum Gasteiger partial charge on any atom is 0.0603 e. The zero-order valence-corrected chi connectivity index (χ0v) is 9.45. The molecule has 3 heteroatoms. The quantitative estimate of drug-likeness (QED) is 0.742. The molecule has 1 heterocycles. The van der Waals surface area contributed by atoms with Gasteiger partial charge in [-0.3, -0.25) is 0 Å². The standard InChI is InChI=1S/C12H23NO2/c14-9-10-1-3-11(4-2-10)15-12-5-7-13-8-6-12/h10-14H,1-9H2. The maximum absolute atomic E-state index is 9.05. The molecule has 15 heavy (non-hydrogen) atoms. The molecule has 0 amide bonds. The Morgan fingerprint density at radius 1 is 0.933 bits per heavy atom. The van der Waals surface area contributed by atoms with Crippen LogP contribution < -0.4 is 5.32 Å². The van der Waals surface area contributed by atoms with Crippen LogP contribution in [0.15, 0.2) is 0 Å². The number of nitrogens with one attached hydrogen (secondary N) is 1. The minimum Gasteiger partial charge on any atom is -0.396 e. The number of hydrogen-bond acceptors (Lipinski definition) is 3. The summed E-state index contributed by atoms with van der Waals surface area (Å²) in [5.41, 5.74) is 0. The second-order valence-corrected chi connectivity index (χ2v) is 4.91. The molecular formula is C12H23NO2. The molecule has 0 aromatic carbocycles. The van der Waals surface area contributed by atoms with Gasteiger partial charge in [-0.05, 0) is 57.5 Å². The van der Waals surface area contributed by atoms with Gasteiger partial charge in [0, 0.05) is 6.61 Å². The molecule has 3 nitrogen and oxygen atoms in total. The number of aliphatic hydroxyl groups is 1. The topological polar surface area (TPSA) is 41.5 Å². The zero-order chi connectivity index (χ0) is 10.5. The van der Waals surface area contributed by atoms with Crippen LogP contribution in [-0.2, 0) is 4.74 Å². The van der Waals surface area contributed by atoms with Crippen LogP contribution in [-0.4, -0.2) is 37.0 Å². The van der Waals surface area contributed by atoms with Gasteiger partial charge >= 0.3 is 0 Å². The van der Waals surface area contributed by atoms with Crippen molar-refractivity contribution in [1.82, 2.24) is 5.32 Å². The van der Waals surface area contributed by atoms with E-state index in [0.29, 0.717) is 24.7 Å². The van der Waals surface area contributed by atoms with Crippen LogP contribution in [0, 0.1) is 5.92 Å². The number of rotatable bonds is 3. The third kappa shape index (κ3) is 3.44. The van der Waals surface area contributed by atoms with Crippen molar-refractivity contribution in [2.75, 3.05) is 19.7 Å². The van der Waals surface area contributed by atoms with Gasteiger partial charge in [-0.2, -0.15) is 0 Å². The largest absolute Gasteiger partial charge is 0.396 e. The highest BCUT2D eigenvalue weighted by molar-refractivity contribution is 4.75. The minimum absolute atomic E-state index is 0.361. The molecule has 0 spiro atoms. The zero-order valence-electron chi connectivity index (χ0n) is 9.45. The van der Waals surface area contributed by atoms with Crippen molar-refractivity contribution in [1.29, 1.82) is 0 Å². The highest BCUT2D eigenvalue weighted by atomic mass is 16.5. The van der Waals surface area contributed by atoms with E-state index < -0.39 is 0 Å². The Kier molecular flexibility index (Phi) is 4.42. The summed E-state index contributed by atoms with van der Waals surface area (Å²) in [6.45, 7) is 2.58. The van der Waals surface area contributed by atoms with Crippen LogP contribution in [0.25, 0.3) is 0 Å². The molecule has 1 aliphatic carbocycles. The van der Waals surface area contributed by atoms with Gasteiger partial charge in [-0.25, -0.2) is 0 Å². The van der Waals surface area contributed by atoms with Gasteiger partial charge in [0.2, 0.25) is 0 Å². The molecular weight excluding hydrogens is 190 g/mol. The summed E-state index contributed by atoms with van der Waals surface area (Å²) in [7, 11) is 0. The first-order valence-electron chi connectivity index (χ1n) is 6.35. The molecule has 0 aromatic heterocycles. The lowest BCUT2D eigenvalue weighted by molar-refractivity contribution is -0.0507. The van der Waals surface area contributed by atoms with E-state index in [1.54, 1.807) is 0 Å². The summed E-state index contributed by atoms with van der Waals surface area (Å²) >= 11 is 0. The van der Waals surface area contributed by atoms with Crippen LogP contribution in [0.3, 0.4) is 0 Å². The van der Waals surface area contributed by atoms with E-state index in [4.69, 9.17) is 9.84 Å². The van der Waals surface area contributed by atoms with E-state index in [0.717, 1.165) is 38.8 Å². The van der Waals surface area contributed by atoms with Gasteiger partial charge in [-0.1, -0.05) is 0 Å². The van der Waals surface area contributed by atoms with Crippen LogP contribution in [0.1, 0.15) is 38.5 Å². The second-order valence-electron chi connectivity index (χ2n) is 4.91. The summed E-state index contributed by atoms with van der Waals surface area (Å²) < 4.78 is 6.10. The first kappa shape index (κ1) is 11.4. The van der Waals surface area contributed by atoms with Gasteiger partial charge in [0.05, 0.1) is 12.2 Å². The van der Waals surface area contributed by atoms with Crippen molar-refractivity contribution >= 4 is 0 Å². The molecule has 0 radical (unpaired) electrons. The Morgan fingerprint density at radius 3 is 2.13 bits per heavy atom. The third-order valence-electron chi connectivity index (χ3n) is 3.72. The van der Waals surface area contributed by atoms with Gasteiger partial charge in [0.1, 0.15) is 0 Å². The first-order chi connectivity index (χ1) is 7.38. The third-order valence-corrected chi connectivity index (χ3v) is 3.72. The predicted octanol–water partition coefficient (Wildman–Crippen LogP) is 1.31. The number of hydrogen-bond donors (Lipinski definition) is 2. The fourth-order valence-electron chi connectivity index (χ4n) is 2.65. The summed E-state index contributed by atoms with van der Waals surface area (Å²) in [4.78, 5) is 0. The van der Waals surface area contributed by atoms with Gasteiger partial charge < -0.3 is 15.2 Å². The Balaban J connectivity index is 1.67. The van der Waals surface area contributed by atoms with Crippen LogP contribution in [0.4, 0.5) is 0 Å². The molecule has 2 rings (SSSR count). The van der Waals surface area contributed by atoms with E-state index in [-0.39, 0.29) is 0 Å². The Labute approximate surface area is 92.2 Å². The Morgan fingerprint density at radius 2 is 1.53 bits per heavy atom. The highest BCUT2D eigenvalue weighted by Crippen LogP contribution is 2.27. The molecule has 2 N–H and O–H groups in total. The summed E-state index contributed by atoms with van der Waals surface area (Å²) in [5, 5.41) is 12.4. The molecule has 1 aliphatic heterocycles. The molecule has 0 aromatic rings. The molecule has 0 atom stereocenters. The minimum atomic E-state index is 0.361. The highest BCUT2D eigenvalue weighted by Gasteiger charge is 2.24. The summed E-state index contributed by atoms with van der Waals surface area (Å²) in [6, 6.07) is 0. The smallest absolute Gasteiger partial charge is 0.0603 e. The lowest BCUT2D eigenvalue weighted by atomic mass is 9.88. The van der Waals surface area contributed by atoms with Crippen molar-refractivity contribution in [2.24, 2.45) is 5.92 Å². The second kappa shape index (κ2) is 5.83. The van der Waals surface area contributed by atoms with E-state index in [1.165, 1.54) is 12.8 Å². The van der Waals surface area contributed by atoms with Crippen molar-refractivity contribution in [2.45, 2.75) is 50.7 Å². The molecule has 2 fully saturated rings. The Bertz CT molecular complexity index is 172. The van der Waals surface area contributed by atoms with Gasteiger partial charge in [0.25, 0.3) is 0 Å². The molecule has 1 saturated carbocycles. The number of ether oxygens (including phenoxy) is 1. The summed E-state index contributed by atoms with van der Waals surface area (Å²) in [5.74, 6) is 0.540. The molecule has 0 unspecified atom stereocenters. The average molecular weight is 213 g/mol. The van der Waals surface area contributed by atoms with E-state index in [9.17, 15) is 0 Å². The van der Waals surface area contributed by atoms with E-state index in [2.05, 4.69) is 5.32 Å². The van der Waals surface area contributed by atoms with Crippen LogP contribution in [0.5, 0.6) is 0 Å². The van der Waals surface area contributed by atoms with Gasteiger partial charge in [0.15, 0.2) is 0 Å². The average Bonchev–Trinajstić information content (AvgIpc) is 2.31. The van der Waals surface area contributed by atoms with E-state index in [1.807, 2.05) is 0 Å². The van der Waals surface area contributed by atoms with Crippen LogP contribution >= 0.6 is 0 Å². The fourth-order valence-corrected chi connectivity index (χ4v) is 2.65. The van der Waals surface area contributed by atoms with E-state index >= 15 is 0 Å². The first-order valence-corrected chi connectivity index (χ1v) is 6.35. The molecule has 0 bridgehead atoms. The number of piperidine rings is 1. The SMILES string of the molecule is OCC1CCC(OC2CCNCC2)CC1. The van der Waals surface area contributed by atoms with Crippen molar-refractivity contribution in [3.05, 3.63) is 0 Å². The lowest BCUT2D eigenvalue weighted by Gasteiger charge is -2.32. The fraction of sp³-hybridized carbons (Fsp3) is 1.00. The summed E-state index contributed by atoms with van der Waals surface area (Å²) in [6.07, 6.45) is 7.88. The predicted molar refractivity (Wildman–Crippen MR) is 59.8 cm³/mol. The number of aliphatic hydroxyl groups excluding tert-OH is 1. The normalized spacial score (nSPS) is 34.2. The lowest BCUT2D eigenvalue weighted by Crippen LogP contribution is -2.36. The van der Waals surface area contributed by atoms with Crippen molar-refractivity contribution in [3.8, 4) is 0 Å². The Hall–Kier alpha value is -0.120. The van der Waals surface area contributed by atoms with Gasteiger partial charge in [-0.15, -0.1) is 0 Å².